The molecule has 0 saturated heterocycles. The van der Waals surface area contributed by atoms with Crippen LogP contribution in [0.25, 0.3) is 11.1 Å². The average molecular weight is 412 g/mol. The van der Waals surface area contributed by atoms with Crippen LogP contribution in [0.5, 0.6) is 0 Å². The number of allylic oxidation sites excluding steroid dienone is 6. The molecule has 2 aromatic carbocycles. The zero-order valence-electron chi connectivity index (χ0n) is 17.5. The van der Waals surface area contributed by atoms with Gasteiger partial charge in [-0.25, -0.2) is 0 Å². The molecule has 4 rings (SSSR count). The van der Waals surface area contributed by atoms with Gasteiger partial charge in [0, 0.05) is 12.8 Å². The SMILES string of the molecule is N#CC1(C#N)CC2=C(/C=C(/c3ccccc3)CC/C(c3ccccc3)=C\2)CC1(C#N)C#N. The van der Waals surface area contributed by atoms with Crippen LogP contribution in [0.3, 0.4) is 0 Å². The molecule has 0 N–H and O–H groups in total. The minimum Gasteiger partial charge on any atom is -0.196 e. The largest absolute Gasteiger partial charge is 0.196 e. The second kappa shape index (κ2) is 8.40. The quantitative estimate of drug-likeness (QED) is 0.595. The van der Waals surface area contributed by atoms with E-state index in [4.69, 9.17) is 0 Å². The molecule has 2 aliphatic rings. The first-order valence-electron chi connectivity index (χ1n) is 10.5. The second-order valence-electron chi connectivity index (χ2n) is 8.23. The monoisotopic (exact) mass is 412 g/mol. The number of hydrogen-bond acceptors (Lipinski definition) is 4. The fourth-order valence-electron chi connectivity index (χ4n) is 4.57. The molecule has 0 aromatic heterocycles. The fraction of sp³-hybridized carbons (Fsp3) is 0.214. The topological polar surface area (TPSA) is 95.2 Å². The van der Waals surface area contributed by atoms with Gasteiger partial charge in [0.25, 0.3) is 0 Å². The maximum Gasteiger partial charge on any atom is 0.179 e. The molecule has 4 heteroatoms. The highest BCUT2D eigenvalue weighted by molar-refractivity contribution is 5.77. The molecule has 0 aliphatic heterocycles. The van der Waals surface area contributed by atoms with Crippen molar-refractivity contribution in [3.8, 4) is 24.3 Å². The second-order valence-corrected chi connectivity index (χ2v) is 8.23. The Morgan fingerprint density at radius 1 is 0.531 bits per heavy atom. The van der Waals surface area contributed by atoms with Gasteiger partial charge < -0.3 is 0 Å². The minimum absolute atomic E-state index is 0.0470. The number of nitriles is 4. The smallest absolute Gasteiger partial charge is 0.179 e. The molecule has 0 saturated carbocycles. The van der Waals surface area contributed by atoms with Crippen molar-refractivity contribution < 1.29 is 0 Å². The first-order chi connectivity index (χ1) is 15.6. The molecule has 0 unspecified atom stereocenters. The minimum atomic E-state index is -1.71. The molecule has 0 fully saturated rings. The summed E-state index contributed by atoms with van der Waals surface area (Å²) < 4.78 is 0. The van der Waals surface area contributed by atoms with Crippen molar-refractivity contribution in [2.24, 2.45) is 10.8 Å². The highest BCUT2D eigenvalue weighted by Crippen LogP contribution is 2.53. The van der Waals surface area contributed by atoms with Gasteiger partial charge in [-0.05, 0) is 46.3 Å². The summed E-state index contributed by atoms with van der Waals surface area (Å²) in [5.41, 5.74) is 2.68. The first kappa shape index (κ1) is 20.9. The van der Waals surface area contributed by atoms with Crippen molar-refractivity contribution in [1.29, 1.82) is 21.0 Å². The molecule has 152 valence electrons. The molecular formula is C28H20N4. The molecule has 32 heavy (non-hydrogen) atoms. The zero-order valence-corrected chi connectivity index (χ0v) is 17.5. The van der Waals surface area contributed by atoms with E-state index in [1.165, 1.54) is 0 Å². The van der Waals surface area contributed by atoms with Crippen molar-refractivity contribution in [2.75, 3.05) is 0 Å². The molecule has 2 aliphatic carbocycles. The summed E-state index contributed by atoms with van der Waals surface area (Å²) in [6, 6.07) is 28.3. The number of nitrogens with zero attached hydrogens (tertiary/aromatic N) is 4. The van der Waals surface area contributed by atoms with Crippen molar-refractivity contribution in [2.45, 2.75) is 25.7 Å². The molecular weight excluding hydrogens is 392 g/mol. The van der Waals surface area contributed by atoms with Gasteiger partial charge in [0.05, 0.1) is 24.3 Å². The predicted octanol–water partition coefficient (Wildman–Crippen LogP) is 6.10. The van der Waals surface area contributed by atoms with E-state index in [9.17, 15) is 21.0 Å². The van der Waals surface area contributed by atoms with Crippen LogP contribution >= 0.6 is 0 Å². The normalized spacial score (nSPS) is 22.0. The van der Waals surface area contributed by atoms with Gasteiger partial charge in [0.1, 0.15) is 0 Å². The highest BCUT2D eigenvalue weighted by atomic mass is 14.6. The van der Waals surface area contributed by atoms with Gasteiger partial charge in [-0.3, -0.25) is 0 Å². The molecule has 0 heterocycles. The lowest BCUT2D eigenvalue weighted by molar-refractivity contribution is 0.278. The van der Waals surface area contributed by atoms with Crippen molar-refractivity contribution in [3.63, 3.8) is 0 Å². The first-order valence-corrected chi connectivity index (χ1v) is 10.5. The lowest BCUT2D eigenvalue weighted by Crippen LogP contribution is -2.41. The fourth-order valence-corrected chi connectivity index (χ4v) is 4.57. The predicted molar refractivity (Wildman–Crippen MR) is 122 cm³/mol. The van der Waals surface area contributed by atoms with E-state index in [2.05, 4.69) is 36.4 Å². The van der Waals surface area contributed by atoms with Crippen molar-refractivity contribution in [3.05, 3.63) is 95.1 Å². The summed E-state index contributed by atoms with van der Waals surface area (Å²) in [6.45, 7) is 0. The van der Waals surface area contributed by atoms with Gasteiger partial charge >= 0.3 is 0 Å². The third kappa shape index (κ3) is 3.40. The Morgan fingerprint density at radius 3 is 1.19 bits per heavy atom. The molecule has 0 spiro atoms. The summed E-state index contributed by atoms with van der Waals surface area (Å²) in [6.07, 6.45) is 5.82. The Balaban J connectivity index is 1.95. The molecule has 0 amide bonds. The van der Waals surface area contributed by atoms with Crippen LogP contribution in [-0.2, 0) is 0 Å². The van der Waals surface area contributed by atoms with Crippen LogP contribution in [0, 0.1) is 56.2 Å². The van der Waals surface area contributed by atoms with Crippen molar-refractivity contribution >= 4 is 11.1 Å². The van der Waals surface area contributed by atoms with Gasteiger partial charge in [-0.1, -0.05) is 72.8 Å². The number of rotatable bonds is 2. The van der Waals surface area contributed by atoms with Crippen LogP contribution in [0.15, 0.2) is 84.0 Å². The van der Waals surface area contributed by atoms with Gasteiger partial charge in [0.15, 0.2) is 10.8 Å². The van der Waals surface area contributed by atoms with Crippen molar-refractivity contribution in [1.82, 2.24) is 0 Å². The third-order valence-corrected chi connectivity index (χ3v) is 6.47. The van der Waals surface area contributed by atoms with Gasteiger partial charge in [-0.2, -0.15) is 21.0 Å². The van der Waals surface area contributed by atoms with Gasteiger partial charge in [0.2, 0.25) is 0 Å². The Kier molecular flexibility index (Phi) is 5.48. The van der Waals surface area contributed by atoms with E-state index in [-0.39, 0.29) is 12.8 Å². The van der Waals surface area contributed by atoms with E-state index in [1.807, 2.05) is 60.7 Å². The van der Waals surface area contributed by atoms with Crippen LogP contribution in [0.2, 0.25) is 0 Å². The Morgan fingerprint density at radius 2 is 0.875 bits per heavy atom. The highest BCUT2D eigenvalue weighted by Gasteiger charge is 2.57. The molecule has 0 bridgehead atoms. The van der Waals surface area contributed by atoms with E-state index in [0.717, 1.165) is 46.3 Å². The third-order valence-electron chi connectivity index (χ3n) is 6.47. The summed E-state index contributed by atoms with van der Waals surface area (Å²) in [5, 5.41) is 39.7. The van der Waals surface area contributed by atoms with E-state index in [1.54, 1.807) is 0 Å². The zero-order chi connectivity index (χ0) is 22.6. The molecule has 0 radical (unpaired) electrons. The molecule has 4 nitrogen and oxygen atoms in total. The van der Waals surface area contributed by atoms with E-state index < -0.39 is 10.8 Å². The lowest BCUT2D eigenvalue weighted by atomic mass is 9.56. The number of hydrogen-bond donors (Lipinski definition) is 0. The summed E-state index contributed by atoms with van der Waals surface area (Å²) in [4.78, 5) is 0. The van der Waals surface area contributed by atoms with Crippen LogP contribution in [0.1, 0.15) is 36.8 Å². The lowest BCUT2D eigenvalue weighted by Gasteiger charge is -2.37. The summed E-state index contributed by atoms with van der Waals surface area (Å²) in [7, 11) is 0. The standard InChI is InChI=1S/C28H20N4/c29-17-27(18-30)15-25-13-23(21-7-3-1-4-8-21)11-12-24(22-9-5-2-6-10-22)14-26(25)16-28(27,19-31)20-32/h1-10,13-14H,11-12,15-16H2/b23-13+,24-14+. The van der Waals surface area contributed by atoms with Crippen LogP contribution in [0.4, 0.5) is 0 Å². The molecule has 0 atom stereocenters. The van der Waals surface area contributed by atoms with E-state index >= 15 is 0 Å². The average Bonchev–Trinajstić information content (AvgIpc) is 2.85. The van der Waals surface area contributed by atoms with Crippen LogP contribution in [-0.4, -0.2) is 0 Å². The Labute approximate surface area is 188 Å². The summed E-state index contributed by atoms with van der Waals surface area (Å²) >= 11 is 0. The summed E-state index contributed by atoms with van der Waals surface area (Å²) in [5.74, 6) is 0. The van der Waals surface area contributed by atoms with E-state index in [0.29, 0.717) is 0 Å². The molecule has 2 aromatic rings. The maximum absolute atomic E-state index is 9.94. The number of benzene rings is 2. The van der Waals surface area contributed by atoms with Crippen LogP contribution < -0.4 is 0 Å². The Hall–Kier alpha value is -4.38. The van der Waals surface area contributed by atoms with Gasteiger partial charge in [-0.15, -0.1) is 0 Å². The maximum atomic E-state index is 9.94. The Bertz CT molecular complexity index is 1170.